The standard InChI is InChI=1S/C29H39ClN4O5/c1-29(2,3)10-12-32-28(36)33-23-8-7-20(17-22(23)30)39-25-9-11-31-24-19-27(26(37-5)18-21(24)25)38-16-6-13-34(4)14-15-35/h7-9,11,17-19,35H,6,10,12-16H2,1-5H3,(H2,32,33,36). The number of carbonyl (C=O) groups excluding carboxylic acids is 1. The molecule has 0 unspecified atom stereocenters. The van der Waals surface area contributed by atoms with Crippen molar-refractivity contribution in [3.05, 3.63) is 47.6 Å². The Bertz CT molecular complexity index is 1250. The maximum absolute atomic E-state index is 12.2. The Hall–Kier alpha value is -3.27. The first-order chi connectivity index (χ1) is 18.6. The van der Waals surface area contributed by atoms with E-state index in [1.165, 1.54) is 0 Å². The molecular formula is C29H39ClN4O5. The number of nitrogens with zero attached hydrogens (tertiary/aromatic N) is 2. The minimum absolute atomic E-state index is 0.133. The van der Waals surface area contributed by atoms with Gasteiger partial charge in [0, 0.05) is 43.4 Å². The molecule has 0 radical (unpaired) electrons. The van der Waals surface area contributed by atoms with Crippen molar-refractivity contribution in [2.45, 2.75) is 33.6 Å². The summed E-state index contributed by atoms with van der Waals surface area (Å²) in [4.78, 5) is 18.8. The number of aromatic nitrogens is 1. The Kier molecular flexibility index (Phi) is 11.0. The molecule has 3 N–H and O–H groups in total. The third kappa shape index (κ3) is 9.45. The van der Waals surface area contributed by atoms with E-state index in [4.69, 9.17) is 30.9 Å². The van der Waals surface area contributed by atoms with Gasteiger partial charge in [-0.2, -0.15) is 0 Å². The molecule has 0 saturated heterocycles. The van der Waals surface area contributed by atoms with E-state index in [1.807, 2.05) is 24.1 Å². The lowest BCUT2D eigenvalue weighted by Crippen LogP contribution is -2.31. The van der Waals surface area contributed by atoms with E-state index in [2.05, 4.69) is 36.4 Å². The summed E-state index contributed by atoms with van der Waals surface area (Å²) in [6, 6.07) is 10.2. The number of likely N-dealkylation sites (N-methyl/N-ethyl adjacent to an activating group) is 1. The summed E-state index contributed by atoms with van der Waals surface area (Å²) < 4.78 is 17.7. The normalized spacial score (nSPS) is 11.5. The molecule has 10 heteroatoms. The zero-order valence-electron chi connectivity index (χ0n) is 23.3. The number of anilines is 1. The van der Waals surface area contributed by atoms with Crippen LogP contribution in [0.4, 0.5) is 10.5 Å². The molecule has 39 heavy (non-hydrogen) atoms. The van der Waals surface area contributed by atoms with Gasteiger partial charge >= 0.3 is 6.03 Å². The van der Waals surface area contributed by atoms with Crippen LogP contribution in [0.5, 0.6) is 23.0 Å². The van der Waals surface area contributed by atoms with Gasteiger partial charge in [0.15, 0.2) is 11.5 Å². The van der Waals surface area contributed by atoms with Crippen LogP contribution in [0.1, 0.15) is 33.6 Å². The molecular weight excluding hydrogens is 520 g/mol. The first kappa shape index (κ1) is 30.3. The molecule has 3 aromatic rings. The van der Waals surface area contributed by atoms with Crippen molar-refractivity contribution in [1.82, 2.24) is 15.2 Å². The molecule has 0 atom stereocenters. The quantitative estimate of drug-likeness (QED) is 0.223. The van der Waals surface area contributed by atoms with Gasteiger partial charge in [-0.3, -0.25) is 4.98 Å². The van der Waals surface area contributed by atoms with E-state index >= 15 is 0 Å². The molecule has 212 valence electrons. The van der Waals surface area contributed by atoms with Crippen LogP contribution in [-0.2, 0) is 0 Å². The maximum atomic E-state index is 12.2. The number of halogens is 1. The molecule has 0 bridgehead atoms. The number of hydrogen-bond acceptors (Lipinski definition) is 7. The number of urea groups is 1. The number of aliphatic hydroxyl groups excluding tert-OH is 1. The van der Waals surface area contributed by atoms with Gasteiger partial charge in [0.1, 0.15) is 11.5 Å². The summed E-state index contributed by atoms with van der Waals surface area (Å²) in [5.41, 5.74) is 1.32. The van der Waals surface area contributed by atoms with Crippen LogP contribution in [0.3, 0.4) is 0 Å². The Balaban J connectivity index is 1.68. The van der Waals surface area contributed by atoms with Gasteiger partial charge < -0.3 is 34.9 Å². The average molecular weight is 559 g/mol. The largest absolute Gasteiger partial charge is 0.493 e. The molecule has 1 heterocycles. The van der Waals surface area contributed by atoms with Crippen LogP contribution < -0.4 is 24.8 Å². The van der Waals surface area contributed by atoms with Gasteiger partial charge in [-0.05, 0) is 49.6 Å². The number of benzene rings is 2. The van der Waals surface area contributed by atoms with E-state index in [-0.39, 0.29) is 18.1 Å². The van der Waals surface area contributed by atoms with Gasteiger partial charge in [0.2, 0.25) is 0 Å². The number of ether oxygens (including phenoxy) is 3. The first-order valence-electron chi connectivity index (χ1n) is 13.0. The van der Waals surface area contributed by atoms with Crippen molar-refractivity contribution in [2.75, 3.05) is 52.3 Å². The molecule has 0 aliphatic rings. The van der Waals surface area contributed by atoms with Crippen LogP contribution >= 0.6 is 11.6 Å². The fourth-order valence-electron chi connectivity index (χ4n) is 3.79. The summed E-state index contributed by atoms with van der Waals surface area (Å²) in [5, 5.41) is 15.8. The van der Waals surface area contributed by atoms with E-state index in [1.54, 1.807) is 37.6 Å². The molecule has 1 aromatic heterocycles. The maximum Gasteiger partial charge on any atom is 0.319 e. The Morgan fingerprint density at radius 1 is 1.10 bits per heavy atom. The lowest BCUT2D eigenvalue weighted by Gasteiger charge is -2.18. The second kappa shape index (κ2) is 14.2. The highest BCUT2D eigenvalue weighted by Crippen LogP contribution is 2.38. The van der Waals surface area contributed by atoms with E-state index in [9.17, 15) is 4.79 Å². The molecule has 0 fully saturated rings. The second-order valence-corrected chi connectivity index (χ2v) is 10.9. The SMILES string of the molecule is COc1cc2c(Oc3ccc(NC(=O)NCCC(C)(C)C)c(Cl)c3)ccnc2cc1OCCCN(C)CCO. The Morgan fingerprint density at radius 2 is 1.90 bits per heavy atom. The van der Waals surface area contributed by atoms with Crippen molar-refractivity contribution < 1.29 is 24.1 Å². The number of fused-ring (bicyclic) bond motifs is 1. The zero-order valence-corrected chi connectivity index (χ0v) is 24.1. The van der Waals surface area contributed by atoms with Crippen molar-refractivity contribution in [2.24, 2.45) is 5.41 Å². The van der Waals surface area contributed by atoms with Crippen LogP contribution in [0.25, 0.3) is 10.9 Å². The monoisotopic (exact) mass is 558 g/mol. The van der Waals surface area contributed by atoms with Gasteiger partial charge in [-0.25, -0.2) is 4.79 Å². The summed E-state index contributed by atoms with van der Waals surface area (Å²) in [7, 11) is 3.55. The third-order valence-corrected chi connectivity index (χ3v) is 6.30. The van der Waals surface area contributed by atoms with Crippen molar-refractivity contribution in [3.8, 4) is 23.0 Å². The highest BCUT2D eigenvalue weighted by Gasteiger charge is 2.14. The summed E-state index contributed by atoms with van der Waals surface area (Å²) in [6.45, 7) is 9.02. The highest BCUT2D eigenvalue weighted by atomic mass is 35.5. The molecule has 0 saturated carbocycles. The van der Waals surface area contributed by atoms with Gasteiger partial charge in [0.25, 0.3) is 0 Å². The summed E-state index contributed by atoms with van der Waals surface area (Å²) >= 11 is 6.44. The Labute approximate surface area is 235 Å². The Morgan fingerprint density at radius 3 is 2.59 bits per heavy atom. The first-order valence-corrected chi connectivity index (χ1v) is 13.4. The predicted octanol–water partition coefficient (Wildman–Crippen LogP) is 5.94. The number of hydrogen-bond donors (Lipinski definition) is 3. The number of methoxy groups -OCH3 is 1. The number of pyridine rings is 1. The topological polar surface area (TPSA) is 105 Å². The number of rotatable bonds is 13. The number of aliphatic hydroxyl groups is 1. The number of carbonyl (C=O) groups is 1. The number of nitrogens with one attached hydrogen (secondary N) is 2. The molecule has 0 spiro atoms. The molecule has 2 aromatic carbocycles. The summed E-state index contributed by atoms with van der Waals surface area (Å²) in [6.07, 6.45) is 3.33. The molecule has 9 nitrogen and oxygen atoms in total. The molecule has 0 aliphatic heterocycles. The molecule has 2 amide bonds. The van der Waals surface area contributed by atoms with Crippen molar-refractivity contribution in [3.63, 3.8) is 0 Å². The van der Waals surface area contributed by atoms with Gasteiger partial charge in [-0.15, -0.1) is 0 Å². The number of amides is 2. The second-order valence-electron chi connectivity index (χ2n) is 10.5. The van der Waals surface area contributed by atoms with Crippen molar-refractivity contribution >= 4 is 34.2 Å². The van der Waals surface area contributed by atoms with Gasteiger partial charge in [0.05, 0.1) is 36.6 Å². The minimum atomic E-state index is -0.308. The van der Waals surface area contributed by atoms with Crippen LogP contribution in [0.2, 0.25) is 5.02 Å². The average Bonchev–Trinajstić information content (AvgIpc) is 2.87. The predicted molar refractivity (Wildman–Crippen MR) is 156 cm³/mol. The van der Waals surface area contributed by atoms with Crippen LogP contribution in [0.15, 0.2) is 42.6 Å². The van der Waals surface area contributed by atoms with Crippen molar-refractivity contribution in [1.29, 1.82) is 0 Å². The van der Waals surface area contributed by atoms with Crippen LogP contribution in [-0.4, -0.2) is 68.0 Å². The van der Waals surface area contributed by atoms with E-state index in [0.29, 0.717) is 58.9 Å². The third-order valence-electron chi connectivity index (χ3n) is 5.99. The summed E-state index contributed by atoms with van der Waals surface area (Å²) in [5.74, 6) is 2.25. The lowest BCUT2D eigenvalue weighted by atomic mass is 9.92. The zero-order chi connectivity index (χ0) is 28.4. The molecule has 3 rings (SSSR count). The highest BCUT2D eigenvalue weighted by molar-refractivity contribution is 6.33. The fourth-order valence-corrected chi connectivity index (χ4v) is 4.01. The smallest absolute Gasteiger partial charge is 0.319 e. The molecule has 0 aliphatic carbocycles. The minimum Gasteiger partial charge on any atom is -0.493 e. The fraction of sp³-hybridized carbons (Fsp3) is 0.448. The lowest BCUT2D eigenvalue weighted by molar-refractivity contribution is 0.206. The van der Waals surface area contributed by atoms with E-state index in [0.717, 1.165) is 24.8 Å². The van der Waals surface area contributed by atoms with E-state index < -0.39 is 0 Å². The van der Waals surface area contributed by atoms with Gasteiger partial charge in [-0.1, -0.05) is 32.4 Å². The van der Waals surface area contributed by atoms with Crippen LogP contribution in [0, 0.1) is 5.41 Å².